The first kappa shape index (κ1) is 31.7. The molecule has 5 rings (SSSR count). The summed E-state index contributed by atoms with van der Waals surface area (Å²) in [5.41, 5.74) is 1.10. The number of aryl methyl sites for hydroxylation is 2. The third-order valence-corrected chi connectivity index (χ3v) is 10.3. The van der Waals surface area contributed by atoms with Gasteiger partial charge in [0.15, 0.2) is 0 Å². The van der Waals surface area contributed by atoms with Crippen LogP contribution < -0.4 is 9.80 Å². The molecule has 3 aliphatic heterocycles. The third-order valence-electron chi connectivity index (χ3n) is 10.3. The molecule has 1 spiro atoms. The highest BCUT2D eigenvalue weighted by Gasteiger charge is 2.80. The SMILES string of the molecule is C=CCN(C(=O)[C@H]1[C@H]2C(=O)N([C@@H](CC)CO)C(C(=O)N(CC=C)c3c(C)cccc3C)C23CC(C)[C@]1(C)O3)c1ccccc1. The van der Waals surface area contributed by atoms with Crippen LogP contribution in [-0.2, 0) is 19.1 Å². The van der Waals surface area contributed by atoms with E-state index in [9.17, 15) is 14.7 Å². The second-order valence-electron chi connectivity index (χ2n) is 12.7. The zero-order valence-electron chi connectivity index (χ0n) is 26.5. The predicted octanol–water partition coefficient (Wildman–Crippen LogP) is 4.82. The molecular weight excluding hydrogens is 554 g/mol. The van der Waals surface area contributed by atoms with Gasteiger partial charge in [0.05, 0.1) is 30.1 Å². The van der Waals surface area contributed by atoms with Crippen molar-refractivity contribution in [3.8, 4) is 0 Å². The van der Waals surface area contributed by atoms with E-state index in [4.69, 9.17) is 4.74 Å². The van der Waals surface area contributed by atoms with Crippen LogP contribution in [-0.4, -0.2) is 70.7 Å². The first-order valence-electron chi connectivity index (χ1n) is 15.6. The summed E-state index contributed by atoms with van der Waals surface area (Å²) in [6, 6.07) is 13.6. The minimum Gasteiger partial charge on any atom is -0.394 e. The van der Waals surface area contributed by atoms with Crippen LogP contribution in [0.1, 0.15) is 44.7 Å². The van der Waals surface area contributed by atoms with Crippen molar-refractivity contribution in [1.29, 1.82) is 0 Å². The van der Waals surface area contributed by atoms with E-state index < -0.39 is 35.1 Å². The van der Waals surface area contributed by atoms with Gasteiger partial charge in [-0.3, -0.25) is 14.4 Å². The predicted molar refractivity (Wildman–Crippen MR) is 172 cm³/mol. The van der Waals surface area contributed by atoms with Gasteiger partial charge in [-0.1, -0.05) is 62.4 Å². The number of fused-ring (bicyclic) bond motifs is 1. The van der Waals surface area contributed by atoms with Crippen LogP contribution in [0, 0.1) is 31.6 Å². The second-order valence-corrected chi connectivity index (χ2v) is 12.7. The summed E-state index contributed by atoms with van der Waals surface area (Å²) in [6.07, 6.45) is 4.24. The Kier molecular flexibility index (Phi) is 8.62. The van der Waals surface area contributed by atoms with Gasteiger partial charge in [-0.05, 0) is 62.8 Å². The molecule has 3 amide bonds. The molecule has 3 saturated heterocycles. The minimum atomic E-state index is -1.24. The van der Waals surface area contributed by atoms with Crippen molar-refractivity contribution in [2.45, 2.75) is 70.7 Å². The Bertz CT molecular complexity index is 1430. The van der Waals surface area contributed by atoms with Gasteiger partial charge < -0.3 is 24.5 Å². The molecule has 3 fully saturated rings. The Morgan fingerprint density at radius 2 is 1.66 bits per heavy atom. The van der Waals surface area contributed by atoms with E-state index in [-0.39, 0.29) is 43.3 Å². The van der Waals surface area contributed by atoms with E-state index in [0.29, 0.717) is 18.5 Å². The maximum absolute atomic E-state index is 15.0. The zero-order chi connectivity index (χ0) is 32.0. The summed E-state index contributed by atoms with van der Waals surface area (Å²) >= 11 is 0. The molecule has 8 nitrogen and oxygen atoms in total. The molecule has 2 aromatic rings. The Morgan fingerprint density at radius 3 is 2.23 bits per heavy atom. The molecule has 0 aromatic heterocycles. The van der Waals surface area contributed by atoms with Gasteiger partial charge in [0.1, 0.15) is 11.6 Å². The summed E-state index contributed by atoms with van der Waals surface area (Å²) in [4.78, 5) is 49.3. The smallest absolute Gasteiger partial charge is 0.253 e. The molecule has 0 radical (unpaired) electrons. The van der Waals surface area contributed by atoms with Crippen LogP contribution >= 0.6 is 0 Å². The molecule has 7 atom stereocenters. The van der Waals surface area contributed by atoms with Gasteiger partial charge in [-0.25, -0.2) is 0 Å². The summed E-state index contributed by atoms with van der Waals surface area (Å²) in [5.74, 6) is -2.66. The lowest BCUT2D eigenvalue weighted by molar-refractivity contribution is -0.149. The molecule has 3 heterocycles. The van der Waals surface area contributed by atoms with Gasteiger partial charge in [0.2, 0.25) is 11.8 Å². The Morgan fingerprint density at radius 1 is 1.05 bits per heavy atom. The molecule has 2 aromatic carbocycles. The number of amides is 3. The number of ether oxygens (including phenoxy) is 1. The second kappa shape index (κ2) is 12.0. The Labute approximate surface area is 261 Å². The Balaban J connectivity index is 1.68. The standard InChI is InChI=1S/C36H45N3O5/c1-8-19-37(27-17-12-11-13-18-27)32(41)28-29-33(42)39(26(10-3)22-40)31(36(29)21-25(6)35(28,7)44-36)34(43)38(20-9-2)30-23(4)15-14-16-24(30)5/h8-9,11-18,25-26,28-29,31,40H,1-2,10,19-22H2,3-7H3/t25?,26-,28+,29-,31?,35-,36?/m0/s1. The first-order chi connectivity index (χ1) is 21.0. The minimum absolute atomic E-state index is 0.112. The fourth-order valence-electron chi connectivity index (χ4n) is 8.17. The van der Waals surface area contributed by atoms with Crippen LogP contribution in [0.25, 0.3) is 0 Å². The largest absolute Gasteiger partial charge is 0.394 e. The highest BCUT2D eigenvalue weighted by atomic mass is 16.5. The maximum Gasteiger partial charge on any atom is 0.253 e. The molecule has 44 heavy (non-hydrogen) atoms. The number of benzene rings is 2. The van der Waals surface area contributed by atoms with E-state index in [1.807, 2.05) is 83.1 Å². The van der Waals surface area contributed by atoms with Gasteiger partial charge in [-0.15, -0.1) is 13.2 Å². The highest BCUT2D eigenvalue weighted by molar-refractivity contribution is 6.07. The van der Waals surface area contributed by atoms with Crippen molar-refractivity contribution in [1.82, 2.24) is 4.90 Å². The molecule has 234 valence electrons. The number of nitrogens with zero attached hydrogens (tertiary/aromatic N) is 3. The molecule has 8 heteroatoms. The van der Waals surface area contributed by atoms with E-state index in [2.05, 4.69) is 13.2 Å². The number of aliphatic hydroxyl groups excluding tert-OH is 1. The number of aliphatic hydroxyl groups is 1. The summed E-state index contributed by atoms with van der Waals surface area (Å²) in [6.45, 7) is 17.8. The zero-order valence-corrected chi connectivity index (χ0v) is 26.5. The van der Waals surface area contributed by atoms with Gasteiger partial charge >= 0.3 is 0 Å². The number of rotatable bonds is 11. The van der Waals surface area contributed by atoms with Crippen LogP contribution in [0.5, 0.6) is 0 Å². The normalized spacial score (nSPS) is 29.3. The summed E-state index contributed by atoms with van der Waals surface area (Å²) in [5, 5.41) is 10.5. The molecule has 3 unspecified atom stereocenters. The van der Waals surface area contributed by atoms with E-state index >= 15 is 4.79 Å². The third kappa shape index (κ3) is 4.61. The maximum atomic E-state index is 15.0. The number of para-hydroxylation sites is 2. The number of anilines is 2. The van der Waals surface area contributed by atoms with Crippen LogP contribution in [0.3, 0.4) is 0 Å². The van der Waals surface area contributed by atoms with Crippen LogP contribution in [0.15, 0.2) is 73.8 Å². The quantitative estimate of drug-likeness (QED) is 0.374. The fourth-order valence-corrected chi connectivity index (χ4v) is 8.17. The lowest BCUT2D eigenvalue weighted by Gasteiger charge is -2.40. The van der Waals surface area contributed by atoms with Gasteiger partial charge in [0, 0.05) is 24.5 Å². The van der Waals surface area contributed by atoms with E-state index in [0.717, 1.165) is 16.8 Å². The number of carbonyl (C=O) groups excluding carboxylic acids is 3. The van der Waals surface area contributed by atoms with Crippen molar-refractivity contribution in [2.24, 2.45) is 17.8 Å². The van der Waals surface area contributed by atoms with Gasteiger partial charge in [-0.2, -0.15) is 0 Å². The topological polar surface area (TPSA) is 90.4 Å². The van der Waals surface area contributed by atoms with Gasteiger partial charge in [0.25, 0.3) is 5.91 Å². The molecule has 0 aliphatic carbocycles. The number of carbonyl (C=O) groups is 3. The molecule has 3 aliphatic rings. The summed E-state index contributed by atoms with van der Waals surface area (Å²) in [7, 11) is 0. The van der Waals surface area contributed by atoms with Crippen molar-refractivity contribution < 1.29 is 24.2 Å². The summed E-state index contributed by atoms with van der Waals surface area (Å²) < 4.78 is 6.99. The molecular formula is C36H45N3O5. The van der Waals surface area contributed by atoms with Crippen molar-refractivity contribution in [3.63, 3.8) is 0 Å². The monoisotopic (exact) mass is 599 g/mol. The average molecular weight is 600 g/mol. The lowest BCUT2D eigenvalue weighted by atomic mass is 9.62. The van der Waals surface area contributed by atoms with Crippen LogP contribution in [0.2, 0.25) is 0 Å². The number of likely N-dealkylation sites (tertiary alicyclic amines) is 1. The van der Waals surface area contributed by atoms with Crippen molar-refractivity contribution in [3.05, 3.63) is 85.0 Å². The fraction of sp³-hybridized carbons (Fsp3) is 0.472. The van der Waals surface area contributed by atoms with Crippen molar-refractivity contribution >= 4 is 29.1 Å². The Hall–Kier alpha value is -3.75. The van der Waals surface area contributed by atoms with E-state index in [1.54, 1.807) is 26.9 Å². The lowest BCUT2D eigenvalue weighted by Crippen LogP contribution is -2.59. The first-order valence-corrected chi connectivity index (χ1v) is 15.6. The highest BCUT2D eigenvalue weighted by Crippen LogP contribution is 2.66. The van der Waals surface area contributed by atoms with Crippen molar-refractivity contribution in [2.75, 3.05) is 29.5 Å². The molecule has 2 bridgehead atoms. The van der Waals surface area contributed by atoms with E-state index in [1.165, 1.54) is 0 Å². The van der Waals surface area contributed by atoms with Crippen LogP contribution in [0.4, 0.5) is 11.4 Å². The average Bonchev–Trinajstić information content (AvgIpc) is 3.52. The number of hydrogen-bond acceptors (Lipinski definition) is 5. The molecule has 0 saturated carbocycles. The molecule has 1 N–H and O–H groups in total. The number of hydrogen-bond donors (Lipinski definition) is 1.